The van der Waals surface area contributed by atoms with Crippen LogP contribution in [0.2, 0.25) is 0 Å². The number of nitrogens with zero attached hydrogens (tertiary/aromatic N) is 3. The third-order valence-corrected chi connectivity index (χ3v) is 6.07. The van der Waals surface area contributed by atoms with Crippen molar-refractivity contribution >= 4 is 11.8 Å². The molecule has 0 unspecified atom stereocenters. The zero-order chi connectivity index (χ0) is 19.6. The Morgan fingerprint density at radius 2 is 2.07 bits per heavy atom. The minimum atomic E-state index is 0.169. The Bertz CT molecular complexity index is 665. The average molecular weight is 377 g/mol. The van der Waals surface area contributed by atoms with Crippen molar-refractivity contribution in [2.24, 2.45) is 11.8 Å². The third-order valence-electron chi connectivity index (χ3n) is 6.07. The Hall–Kier alpha value is -1.89. The lowest BCUT2D eigenvalue weighted by Gasteiger charge is -2.46. The predicted molar refractivity (Wildman–Crippen MR) is 102 cm³/mol. The molecule has 7 heteroatoms. The molecule has 3 heterocycles. The minimum Gasteiger partial charge on any atom is -0.361 e. The summed E-state index contributed by atoms with van der Waals surface area (Å²) >= 11 is 0. The number of carbonyl (C=O) groups is 2. The minimum absolute atomic E-state index is 0.169. The smallest absolute Gasteiger partial charge is 0.227 e. The second-order valence-electron chi connectivity index (χ2n) is 8.34. The fraction of sp³-hybridized carbons (Fsp3) is 0.750. The van der Waals surface area contributed by atoms with Gasteiger partial charge in [-0.05, 0) is 51.5 Å². The maximum absolute atomic E-state index is 12.9. The molecule has 2 fully saturated rings. The first-order valence-corrected chi connectivity index (χ1v) is 9.98. The van der Waals surface area contributed by atoms with Crippen LogP contribution in [0.3, 0.4) is 0 Å². The van der Waals surface area contributed by atoms with Gasteiger partial charge >= 0.3 is 0 Å². The van der Waals surface area contributed by atoms with Gasteiger partial charge in [0.2, 0.25) is 11.8 Å². The van der Waals surface area contributed by atoms with Gasteiger partial charge in [0.1, 0.15) is 5.76 Å². The first-order valence-electron chi connectivity index (χ1n) is 9.98. The van der Waals surface area contributed by atoms with Crippen LogP contribution in [-0.2, 0) is 16.0 Å². The summed E-state index contributed by atoms with van der Waals surface area (Å²) in [4.78, 5) is 28.3. The van der Waals surface area contributed by atoms with Crippen LogP contribution in [-0.4, -0.2) is 66.5 Å². The molecule has 2 bridgehead atoms. The van der Waals surface area contributed by atoms with Gasteiger partial charge in [0.05, 0.1) is 12.1 Å². The number of amides is 2. The number of carbonyl (C=O) groups excluding carboxylic acids is 2. The molecule has 1 N–H and O–H groups in total. The van der Waals surface area contributed by atoms with Gasteiger partial charge in [0.25, 0.3) is 0 Å². The second kappa shape index (κ2) is 8.42. The van der Waals surface area contributed by atoms with Gasteiger partial charge in [-0.15, -0.1) is 0 Å². The van der Waals surface area contributed by atoms with E-state index in [-0.39, 0.29) is 11.8 Å². The standard InChI is InChI=1S/C20H32N4O3/c1-13-17(14(2)27-22-13)9-20(26)24-11-15-8-16(12-24)18(21-10-15)6-5-7-19(25)23(3)4/h15-16,18,21H,5-12H2,1-4H3/t15-,16+,18+/m0/s1. The number of piperidine rings is 2. The van der Waals surface area contributed by atoms with Crippen molar-refractivity contribution in [1.29, 1.82) is 0 Å². The zero-order valence-corrected chi connectivity index (χ0v) is 17.0. The number of fused-ring (bicyclic) bond motifs is 2. The summed E-state index contributed by atoms with van der Waals surface area (Å²) in [6.07, 6.45) is 4.02. The Kier molecular flexibility index (Phi) is 6.19. The van der Waals surface area contributed by atoms with Crippen LogP contribution in [0.15, 0.2) is 4.52 Å². The van der Waals surface area contributed by atoms with Crippen LogP contribution in [0.1, 0.15) is 42.7 Å². The lowest BCUT2D eigenvalue weighted by Crippen LogP contribution is -2.57. The molecule has 2 aliphatic heterocycles. The van der Waals surface area contributed by atoms with Crippen molar-refractivity contribution < 1.29 is 14.1 Å². The number of hydrogen-bond donors (Lipinski definition) is 1. The van der Waals surface area contributed by atoms with E-state index in [1.807, 2.05) is 18.7 Å². The largest absolute Gasteiger partial charge is 0.361 e. The maximum atomic E-state index is 12.9. The van der Waals surface area contributed by atoms with Gasteiger partial charge in [0.15, 0.2) is 0 Å². The van der Waals surface area contributed by atoms with Crippen molar-refractivity contribution in [3.63, 3.8) is 0 Å². The Morgan fingerprint density at radius 3 is 2.74 bits per heavy atom. The fourth-order valence-electron chi connectivity index (χ4n) is 4.43. The first kappa shape index (κ1) is 19.9. The summed E-state index contributed by atoms with van der Waals surface area (Å²) < 4.78 is 5.19. The van der Waals surface area contributed by atoms with Gasteiger partial charge in [-0.2, -0.15) is 0 Å². The van der Waals surface area contributed by atoms with Crippen molar-refractivity contribution in [2.45, 2.75) is 52.0 Å². The summed E-state index contributed by atoms with van der Waals surface area (Å²) in [5, 5.41) is 7.62. The second-order valence-corrected chi connectivity index (χ2v) is 8.34. The molecule has 2 saturated heterocycles. The molecule has 3 atom stereocenters. The highest BCUT2D eigenvalue weighted by molar-refractivity contribution is 5.79. The van der Waals surface area contributed by atoms with Crippen molar-refractivity contribution in [3.8, 4) is 0 Å². The van der Waals surface area contributed by atoms with Crippen LogP contribution < -0.4 is 5.32 Å². The summed E-state index contributed by atoms with van der Waals surface area (Å²) in [6, 6.07) is 0.394. The van der Waals surface area contributed by atoms with Gasteiger partial charge in [0, 0.05) is 45.2 Å². The van der Waals surface area contributed by atoms with Gasteiger partial charge in [-0.3, -0.25) is 9.59 Å². The molecular weight excluding hydrogens is 344 g/mol. The van der Waals surface area contributed by atoms with Crippen LogP contribution >= 0.6 is 0 Å². The fourth-order valence-corrected chi connectivity index (χ4v) is 4.43. The number of nitrogens with one attached hydrogen (secondary N) is 1. The van der Waals surface area contributed by atoms with E-state index in [9.17, 15) is 9.59 Å². The SMILES string of the molecule is Cc1noc(C)c1CC(=O)N1C[C@@H]2CN[C@H](CCCC(=O)N(C)C)[C@H](C2)C1. The Balaban J connectivity index is 1.55. The Morgan fingerprint density at radius 1 is 1.30 bits per heavy atom. The molecule has 0 saturated carbocycles. The molecular formula is C20H32N4O3. The molecule has 2 amide bonds. The van der Waals surface area contributed by atoms with E-state index in [0.717, 1.165) is 49.5 Å². The summed E-state index contributed by atoms with van der Waals surface area (Å²) in [6.45, 7) is 6.34. The third kappa shape index (κ3) is 4.69. The number of likely N-dealkylation sites (tertiary alicyclic amines) is 1. The van der Waals surface area contributed by atoms with Crippen LogP contribution in [0.25, 0.3) is 0 Å². The highest BCUT2D eigenvalue weighted by Gasteiger charge is 2.37. The molecule has 2 aliphatic rings. The summed E-state index contributed by atoms with van der Waals surface area (Å²) in [7, 11) is 3.60. The molecule has 7 nitrogen and oxygen atoms in total. The molecule has 0 spiro atoms. The van der Waals surface area contributed by atoms with E-state index in [4.69, 9.17) is 4.52 Å². The van der Waals surface area contributed by atoms with Crippen molar-refractivity contribution in [3.05, 3.63) is 17.0 Å². The predicted octanol–water partition coefficient (Wildman–Crippen LogP) is 1.53. The molecule has 3 rings (SSSR count). The molecule has 0 aliphatic carbocycles. The summed E-state index contributed by atoms with van der Waals surface area (Å²) in [5.41, 5.74) is 1.73. The van der Waals surface area contributed by atoms with Crippen molar-refractivity contribution in [2.75, 3.05) is 33.7 Å². The lowest BCUT2D eigenvalue weighted by atomic mass is 9.79. The zero-order valence-electron chi connectivity index (χ0n) is 17.0. The number of hydrogen-bond acceptors (Lipinski definition) is 5. The van der Waals surface area contributed by atoms with E-state index < -0.39 is 0 Å². The van der Waals surface area contributed by atoms with Gasteiger partial charge < -0.3 is 19.6 Å². The van der Waals surface area contributed by atoms with E-state index >= 15 is 0 Å². The maximum Gasteiger partial charge on any atom is 0.227 e. The van der Waals surface area contributed by atoms with E-state index in [1.165, 1.54) is 6.42 Å². The van der Waals surface area contributed by atoms with Crippen LogP contribution in [0.4, 0.5) is 0 Å². The first-order chi connectivity index (χ1) is 12.8. The molecule has 150 valence electrons. The molecule has 0 aromatic carbocycles. The average Bonchev–Trinajstić information content (AvgIpc) is 2.95. The monoisotopic (exact) mass is 376 g/mol. The normalized spacial score (nSPS) is 24.7. The highest BCUT2D eigenvalue weighted by atomic mass is 16.5. The number of aryl methyl sites for hydroxylation is 2. The van der Waals surface area contributed by atoms with Crippen molar-refractivity contribution in [1.82, 2.24) is 20.3 Å². The van der Waals surface area contributed by atoms with Crippen LogP contribution in [0, 0.1) is 25.7 Å². The van der Waals surface area contributed by atoms with E-state index in [0.29, 0.717) is 30.7 Å². The topological polar surface area (TPSA) is 78.7 Å². The highest BCUT2D eigenvalue weighted by Crippen LogP contribution is 2.31. The lowest BCUT2D eigenvalue weighted by molar-refractivity contribution is -0.134. The molecule has 27 heavy (non-hydrogen) atoms. The van der Waals surface area contributed by atoms with Crippen LogP contribution in [0.5, 0.6) is 0 Å². The Labute approximate surface area is 161 Å². The molecule has 0 radical (unpaired) electrons. The molecule has 1 aromatic rings. The van der Waals surface area contributed by atoms with Gasteiger partial charge in [-0.1, -0.05) is 5.16 Å². The quantitative estimate of drug-likeness (QED) is 0.815. The molecule has 1 aromatic heterocycles. The number of aromatic nitrogens is 1. The van der Waals surface area contributed by atoms with E-state index in [1.54, 1.807) is 19.0 Å². The number of rotatable bonds is 6. The van der Waals surface area contributed by atoms with E-state index in [2.05, 4.69) is 10.5 Å². The van der Waals surface area contributed by atoms with Gasteiger partial charge in [-0.25, -0.2) is 0 Å². The summed E-state index contributed by atoms with van der Waals surface area (Å²) in [5.74, 6) is 2.09.